The predicted octanol–water partition coefficient (Wildman–Crippen LogP) is 0.575. The van der Waals surface area contributed by atoms with E-state index in [-0.39, 0.29) is 6.10 Å². The summed E-state index contributed by atoms with van der Waals surface area (Å²) in [6, 6.07) is 0. The van der Waals surface area contributed by atoms with Crippen molar-refractivity contribution in [1.82, 2.24) is 0 Å². The largest absolute Gasteiger partial charge is 0.491 e. The third-order valence-electron chi connectivity index (χ3n) is 1.01. The van der Waals surface area contributed by atoms with Gasteiger partial charge in [0.2, 0.25) is 0 Å². The Morgan fingerprint density at radius 3 is 2.88 bits per heavy atom. The number of thiocarbonyl (C=S) groups is 1. The van der Waals surface area contributed by atoms with E-state index in [1.165, 1.54) is 0 Å². The van der Waals surface area contributed by atoms with Crippen molar-refractivity contribution in [3.8, 4) is 0 Å². The van der Waals surface area contributed by atoms with Gasteiger partial charge in [0.25, 0.3) is 0 Å². The number of rotatable bonds is 1. The van der Waals surface area contributed by atoms with Crippen molar-refractivity contribution in [3.63, 3.8) is 0 Å². The molecule has 1 aliphatic heterocycles. The second-order valence-electron chi connectivity index (χ2n) is 1.63. The molecule has 0 radical (unpaired) electrons. The molecule has 44 valence electrons. The first kappa shape index (κ1) is 5.56. The Bertz CT molecular complexity index is 124. The van der Waals surface area contributed by atoms with Gasteiger partial charge in [-0.3, -0.25) is 0 Å². The minimum atomic E-state index is -0.0370. The Morgan fingerprint density at radius 1 is 1.88 bits per heavy atom. The molecule has 1 unspecified atom stereocenters. The monoisotopic (exact) mass is 129 g/mol. The Hall–Kier alpha value is -0.570. The quantitative estimate of drug-likeness (QED) is 0.526. The van der Waals surface area contributed by atoms with Crippen LogP contribution in [-0.2, 0) is 4.74 Å². The van der Waals surface area contributed by atoms with Crippen LogP contribution in [0.3, 0.4) is 0 Å². The summed E-state index contributed by atoms with van der Waals surface area (Å²) >= 11 is 4.67. The van der Waals surface area contributed by atoms with E-state index in [0.717, 1.165) is 6.42 Å². The highest BCUT2D eigenvalue weighted by Gasteiger charge is 2.12. The molecule has 1 heterocycles. The lowest BCUT2D eigenvalue weighted by Crippen LogP contribution is -2.25. The van der Waals surface area contributed by atoms with Crippen molar-refractivity contribution in [2.24, 2.45) is 5.73 Å². The first-order valence-corrected chi connectivity index (χ1v) is 2.81. The van der Waals surface area contributed by atoms with E-state index in [4.69, 9.17) is 10.5 Å². The molecule has 8 heavy (non-hydrogen) atoms. The number of hydrogen-bond acceptors (Lipinski definition) is 2. The van der Waals surface area contributed by atoms with Crippen molar-refractivity contribution in [2.75, 3.05) is 0 Å². The summed E-state index contributed by atoms with van der Waals surface area (Å²) < 4.78 is 4.97. The van der Waals surface area contributed by atoms with Gasteiger partial charge in [-0.25, -0.2) is 0 Å². The molecule has 1 atom stereocenters. The number of nitrogens with two attached hydrogens (primary N) is 1. The molecule has 2 nitrogen and oxygen atoms in total. The van der Waals surface area contributed by atoms with Crippen molar-refractivity contribution >= 4 is 17.2 Å². The van der Waals surface area contributed by atoms with Crippen LogP contribution in [0.15, 0.2) is 12.3 Å². The van der Waals surface area contributed by atoms with Gasteiger partial charge in [-0.2, -0.15) is 0 Å². The average molecular weight is 129 g/mol. The molecule has 0 bridgehead atoms. The summed E-state index contributed by atoms with van der Waals surface area (Å²) in [6.45, 7) is 0. The molecule has 2 N–H and O–H groups in total. The smallest absolute Gasteiger partial charge is 0.151 e. The molecule has 3 heteroatoms. The fourth-order valence-corrected chi connectivity index (χ4v) is 0.720. The molecule has 0 aromatic heterocycles. The topological polar surface area (TPSA) is 35.2 Å². The molecule has 0 aromatic rings. The van der Waals surface area contributed by atoms with Crippen molar-refractivity contribution < 1.29 is 4.74 Å². The maximum Gasteiger partial charge on any atom is 0.151 e. The molecule has 0 aliphatic carbocycles. The van der Waals surface area contributed by atoms with E-state index in [2.05, 4.69) is 12.2 Å². The summed E-state index contributed by atoms with van der Waals surface area (Å²) in [7, 11) is 0. The molecular formula is C5H7NOS. The molecule has 0 spiro atoms. The summed E-state index contributed by atoms with van der Waals surface area (Å²) in [6.07, 6.45) is 4.33. The predicted molar refractivity (Wildman–Crippen MR) is 35.4 cm³/mol. The lowest BCUT2D eigenvalue weighted by Gasteiger charge is -2.05. The summed E-state index contributed by atoms with van der Waals surface area (Å²) in [5.74, 6) is 0. The maximum atomic E-state index is 5.26. The third kappa shape index (κ3) is 0.980. The van der Waals surface area contributed by atoms with Crippen LogP contribution < -0.4 is 5.73 Å². The Morgan fingerprint density at radius 2 is 2.62 bits per heavy atom. The lowest BCUT2D eigenvalue weighted by molar-refractivity contribution is 0.232. The second kappa shape index (κ2) is 2.13. The second-order valence-corrected chi connectivity index (χ2v) is 2.11. The molecule has 0 saturated carbocycles. The molecule has 1 rings (SSSR count). The van der Waals surface area contributed by atoms with Crippen molar-refractivity contribution in [1.29, 1.82) is 0 Å². The Kier molecular flexibility index (Phi) is 1.48. The first-order valence-electron chi connectivity index (χ1n) is 2.40. The van der Waals surface area contributed by atoms with Crippen LogP contribution in [0.25, 0.3) is 0 Å². The summed E-state index contributed by atoms with van der Waals surface area (Å²) in [5.41, 5.74) is 5.26. The fraction of sp³-hybridized carbons (Fsp3) is 0.400. The van der Waals surface area contributed by atoms with E-state index in [1.807, 2.05) is 6.08 Å². The Balaban J connectivity index is 2.41. The highest BCUT2D eigenvalue weighted by atomic mass is 32.1. The number of hydrogen-bond donors (Lipinski definition) is 1. The van der Waals surface area contributed by atoms with Crippen LogP contribution in [0.2, 0.25) is 0 Å². The number of ether oxygens (including phenoxy) is 1. The van der Waals surface area contributed by atoms with Gasteiger partial charge in [0, 0.05) is 6.42 Å². The third-order valence-corrected chi connectivity index (χ3v) is 1.27. The minimum absolute atomic E-state index is 0.0370. The molecule has 0 fully saturated rings. The normalized spacial score (nSPS) is 25.2. The van der Waals surface area contributed by atoms with Gasteiger partial charge in [0.15, 0.2) is 6.10 Å². The molecule has 0 saturated heterocycles. The lowest BCUT2D eigenvalue weighted by atomic mass is 10.3. The van der Waals surface area contributed by atoms with E-state index < -0.39 is 0 Å². The Labute approximate surface area is 53.3 Å². The standard InChI is InChI=1S/C5H7NOS/c6-5(8)4-2-1-3-7-4/h1,3-4H,2H2,(H2,6,8). The van der Waals surface area contributed by atoms with Gasteiger partial charge in [-0.1, -0.05) is 12.2 Å². The van der Waals surface area contributed by atoms with Gasteiger partial charge in [0.05, 0.1) is 6.26 Å². The average Bonchev–Trinajstić information content (AvgIpc) is 2.12. The van der Waals surface area contributed by atoms with Crippen LogP contribution in [0, 0.1) is 0 Å². The first-order chi connectivity index (χ1) is 3.80. The molecule has 1 aliphatic rings. The highest BCUT2D eigenvalue weighted by Crippen LogP contribution is 2.07. The molecule has 0 amide bonds. The van der Waals surface area contributed by atoms with Gasteiger partial charge >= 0.3 is 0 Å². The zero-order valence-electron chi connectivity index (χ0n) is 4.33. The zero-order valence-corrected chi connectivity index (χ0v) is 5.15. The van der Waals surface area contributed by atoms with Crippen LogP contribution in [0.1, 0.15) is 6.42 Å². The van der Waals surface area contributed by atoms with Crippen molar-refractivity contribution in [2.45, 2.75) is 12.5 Å². The van der Waals surface area contributed by atoms with Gasteiger partial charge < -0.3 is 10.5 Å². The molecule has 0 aromatic carbocycles. The highest BCUT2D eigenvalue weighted by molar-refractivity contribution is 7.80. The minimum Gasteiger partial charge on any atom is -0.491 e. The van der Waals surface area contributed by atoms with E-state index in [1.54, 1.807) is 6.26 Å². The van der Waals surface area contributed by atoms with Crippen molar-refractivity contribution in [3.05, 3.63) is 12.3 Å². The molecular weight excluding hydrogens is 122 g/mol. The van der Waals surface area contributed by atoms with Gasteiger partial charge in [0.1, 0.15) is 4.99 Å². The van der Waals surface area contributed by atoms with Crippen LogP contribution in [-0.4, -0.2) is 11.1 Å². The van der Waals surface area contributed by atoms with E-state index >= 15 is 0 Å². The SMILES string of the molecule is NC(=S)C1CC=CO1. The van der Waals surface area contributed by atoms with Crippen LogP contribution in [0.5, 0.6) is 0 Å². The summed E-state index contributed by atoms with van der Waals surface area (Å²) in [5, 5.41) is 0. The maximum absolute atomic E-state index is 5.26. The fourth-order valence-electron chi connectivity index (χ4n) is 0.568. The van der Waals surface area contributed by atoms with Crippen LogP contribution >= 0.6 is 12.2 Å². The zero-order chi connectivity index (χ0) is 5.98. The van der Waals surface area contributed by atoms with Crippen LogP contribution in [0.4, 0.5) is 0 Å². The van der Waals surface area contributed by atoms with E-state index in [9.17, 15) is 0 Å². The van der Waals surface area contributed by atoms with Gasteiger partial charge in [-0.15, -0.1) is 0 Å². The summed E-state index contributed by atoms with van der Waals surface area (Å²) in [4.78, 5) is 0.440. The van der Waals surface area contributed by atoms with Gasteiger partial charge in [-0.05, 0) is 6.08 Å². The van der Waals surface area contributed by atoms with E-state index in [0.29, 0.717) is 4.99 Å².